The van der Waals surface area contributed by atoms with Gasteiger partial charge in [-0.15, -0.1) is 0 Å². The predicted molar refractivity (Wildman–Crippen MR) is 50.2 cm³/mol. The van der Waals surface area contributed by atoms with Crippen LogP contribution in [-0.2, 0) is 9.63 Å². The average molecular weight is 209 g/mol. The van der Waals surface area contributed by atoms with Gasteiger partial charge in [-0.25, -0.2) is 4.79 Å². The van der Waals surface area contributed by atoms with Gasteiger partial charge >= 0.3 is 5.97 Å². The van der Waals surface area contributed by atoms with Gasteiger partial charge in [0.2, 0.25) is 0 Å². The molecule has 0 aliphatic heterocycles. The standard InChI is InChI=1S/C8H7N3O4/c9-15-8(12)2-1-6-3-4-10-5-7(6)11(13)14/h1-5H,9H2. The maximum atomic E-state index is 10.6. The van der Waals surface area contributed by atoms with Gasteiger partial charge in [0, 0.05) is 12.3 Å². The van der Waals surface area contributed by atoms with Gasteiger partial charge in [-0.05, 0) is 12.1 Å². The summed E-state index contributed by atoms with van der Waals surface area (Å²) in [6.07, 6.45) is 4.69. The number of hydrogen-bond donors (Lipinski definition) is 1. The third-order valence-corrected chi connectivity index (χ3v) is 1.54. The van der Waals surface area contributed by atoms with Crippen LogP contribution in [0.2, 0.25) is 0 Å². The highest BCUT2D eigenvalue weighted by molar-refractivity contribution is 5.87. The first kappa shape index (κ1) is 10.8. The van der Waals surface area contributed by atoms with Gasteiger partial charge in [0.1, 0.15) is 6.20 Å². The Morgan fingerprint density at radius 1 is 1.67 bits per heavy atom. The molecule has 2 N–H and O–H groups in total. The minimum Gasteiger partial charge on any atom is -0.370 e. The van der Waals surface area contributed by atoms with Crippen LogP contribution < -0.4 is 5.90 Å². The Labute approximate surface area is 84.3 Å². The first-order valence-electron chi connectivity index (χ1n) is 3.82. The van der Waals surface area contributed by atoms with Crippen LogP contribution >= 0.6 is 0 Å². The molecular weight excluding hydrogens is 202 g/mol. The second-order valence-electron chi connectivity index (χ2n) is 2.46. The van der Waals surface area contributed by atoms with Crippen LogP contribution in [0.1, 0.15) is 5.56 Å². The zero-order valence-electron chi connectivity index (χ0n) is 7.49. The molecule has 0 atom stereocenters. The number of aromatic nitrogens is 1. The van der Waals surface area contributed by atoms with Crippen molar-refractivity contribution in [2.75, 3.05) is 0 Å². The first-order valence-corrected chi connectivity index (χ1v) is 3.82. The molecular formula is C8H7N3O4. The van der Waals surface area contributed by atoms with Gasteiger partial charge in [0.15, 0.2) is 0 Å². The fourth-order valence-corrected chi connectivity index (χ4v) is 0.887. The molecule has 0 radical (unpaired) electrons. The number of nitrogens with zero attached hydrogens (tertiary/aromatic N) is 2. The van der Waals surface area contributed by atoms with E-state index < -0.39 is 10.9 Å². The summed E-state index contributed by atoms with van der Waals surface area (Å²) in [4.78, 5) is 28.0. The van der Waals surface area contributed by atoms with Gasteiger partial charge < -0.3 is 4.84 Å². The van der Waals surface area contributed by atoms with Crippen molar-refractivity contribution < 1.29 is 14.6 Å². The van der Waals surface area contributed by atoms with Crippen LogP contribution in [0.5, 0.6) is 0 Å². The van der Waals surface area contributed by atoms with Crippen molar-refractivity contribution in [2.24, 2.45) is 5.90 Å². The van der Waals surface area contributed by atoms with E-state index in [9.17, 15) is 14.9 Å². The minimum atomic E-state index is -0.791. The lowest BCUT2D eigenvalue weighted by Gasteiger charge is -1.95. The van der Waals surface area contributed by atoms with Crippen molar-refractivity contribution in [3.63, 3.8) is 0 Å². The number of rotatable bonds is 3. The summed E-state index contributed by atoms with van der Waals surface area (Å²) >= 11 is 0. The molecule has 0 aliphatic rings. The highest BCUT2D eigenvalue weighted by Crippen LogP contribution is 2.17. The highest BCUT2D eigenvalue weighted by atomic mass is 16.7. The Hall–Kier alpha value is -2.28. The van der Waals surface area contributed by atoms with Crippen molar-refractivity contribution in [3.05, 3.63) is 40.2 Å². The summed E-state index contributed by atoms with van der Waals surface area (Å²) in [6.45, 7) is 0. The maximum Gasteiger partial charge on any atom is 0.349 e. The third-order valence-electron chi connectivity index (χ3n) is 1.54. The average Bonchev–Trinajstić information content (AvgIpc) is 2.26. The Kier molecular flexibility index (Phi) is 3.47. The molecule has 0 aromatic carbocycles. The van der Waals surface area contributed by atoms with Gasteiger partial charge in [0.05, 0.1) is 10.5 Å². The van der Waals surface area contributed by atoms with Gasteiger partial charge in [-0.3, -0.25) is 15.1 Å². The van der Waals surface area contributed by atoms with Crippen LogP contribution in [0.15, 0.2) is 24.5 Å². The molecule has 0 aliphatic carbocycles. The Balaban J connectivity index is 2.99. The zero-order valence-corrected chi connectivity index (χ0v) is 7.49. The molecule has 0 saturated heterocycles. The molecule has 7 heteroatoms. The van der Waals surface area contributed by atoms with Crippen LogP contribution in [-0.4, -0.2) is 15.9 Å². The van der Waals surface area contributed by atoms with E-state index in [0.29, 0.717) is 0 Å². The van der Waals surface area contributed by atoms with E-state index in [1.165, 1.54) is 18.3 Å². The molecule has 0 saturated carbocycles. The lowest BCUT2D eigenvalue weighted by atomic mass is 10.2. The number of nitrogens with two attached hydrogens (primary N) is 1. The minimum absolute atomic E-state index is 0.196. The lowest BCUT2D eigenvalue weighted by molar-refractivity contribution is -0.385. The van der Waals surface area contributed by atoms with Gasteiger partial charge in [0.25, 0.3) is 5.69 Å². The molecule has 1 aromatic heterocycles. The molecule has 1 rings (SSSR count). The number of nitro groups is 1. The van der Waals surface area contributed by atoms with Crippen LogP contribution in [0.4, 0.5) is 5.69 Å². The van der Waals surface area contributed by atoms with Gasteiger partial charge in [-0.2, -0.15) is 5.90 Å². The third kappa shape index (κ3) is 2.85. The van der Waals surface area contributed by atoms with Crippen LogP contribution in [0, 0.1) is 10.1 Å². The number of pyridine rings is 1. The Morgan fingerprint density at radius 3 is 3.00 bits per heavy atom. The molecule has 78 valence electrons. The fraction of sp³-hybridized carbons (Fsp3) is 0. The predicted octanol–water partition coefficient (Wildman–Crippen LogP) is 0.420. The maximum absolute atomic E-state index is 10.6. The van der Waals surface area contributed by atoms with E-state index >= 15 is 0 Å². The molecule has 7 nitrogen and oxygen atoms in total. The lowest BCUT2D eigenvalue weighted by Crippen LogP contribution is -2.05. The van der Waals surface area contributed by atoms with Crippen molar-refractivity contribution in [3.8, 4) is 0 Å². The topological polar surface area (TPSA) is 108 Å². The normalized spacial score (nSPS) is 10.2. The summed E-state index contributed by atoms with van der Waals surface area (Å²) in [7, 11) is 0. The summed E-state index contributed by atoms with van der Waals surface area (Å²) < 4.78 is 0. The second kappa shape index (κ2) is 4.82. The molecule has 1 heterocycles. The van der Waals surface area contributed by atoms with Crippen molar-refractivity contribution in [1.82, 2.24) is 4.98 Å². The van der Waals surface area contributed by atoms with E-state index in [1.54, 1.807) is 0 Å². The van der Waals surface area contributed by atoms with Gasteiger partial charge in [-0.1, -0.05) is 0 Å². The van der Waals surface area contributed by atoms with Crippen LogP contribution in [0.3, 0.4) is 0 Å². The molecule has 15 heavy (non-hydrogen) atoms. The highest BCUT2D eigenvalue weighted by Gasteiger charge is 2.10. The Morgan fingerprint density at radius 2 is 2.40 bits per heavy atom. The first-order chi connectivity index (χ1) is 7.15. The van der Waals surface area contributed by atoms with E-state index in [0.717, 1.165) is 12.3 Å². The molecule has 0 spiro atoms. The van der Waals surface area contributed by atoms with Crippen LogP contribution in [0.25, 0.3) is 6.08 Å². The fourth-order valence-electron chi connectivity index (χ4n) is 0.887. The summed E-state index contributed by atoms with van der Waals surface area (Å²) in [5.41, 5.74) is 0.0546. The molecule has 1 aromatic rings. The number of carbonyl (C=O) groups is 1. The summed E-state index contributed by atoms with van der Waals surface area (Å²) in [6, 6.07) is 1.40. The Bertz CT molecular complexity index is 416. The quantitative estimate of drug-likeness (QED) is 0.439. The number of carbonyl (C=O) groups excluding carboxylic acids is 1. The SMILES string of the molecule is NOC(=O)C=Cc1ccncc1[N+](=O)[O-]. The monoisotopic (exact) mass is 209 g/mol. The molecule has 0 unspecified atom stereocenters. The largest absolute Gasteiger partial charge is 0.370 e. The van der Waals surface area contributed by atoms with E-state index in [1.807, 2.05) is 0 Å². The van der Waals surface area contributed by atoms with Crippen molar-refractivity contribution in [2.45, 2.75) is 0 Å². The zero-order chi connectivity index (χ0) is 11.3. The molecule has 0 amide bonds. The van der Waals surface area contributed by atoms with E-state index in [2.05, 4.69) is 15.7 Å². The van der Waals surface area contributed by atoms with E-state index in [-0.39, 0.29) is 11.3 Å². The molecule has 0 bridgehead atoms. The van der Waals surface area contributed by atoms with Crippen molar-refractivity contribution in [1.29, 1.82) is 0 Å². The smallest absolute Gasteiger partial charge is 0.349 e. The second-order valence-corrected chi connectivity index (χ2v) is 2.46. The molecule has 0 fully saturated rings. The van der Waals surface area contributed by atoms with Crippen molar-refractivity contribution >= 4 is 17.7 Å². The summed E-state index contributed by atoms with van der Waals surface area (Å²) in [5.74, 6) is 3.80. The van der Waals surface area contributed by atoms with E-state index in [4.69, 9.17) is 0 Å². The summed E-state index contributed by atoms with van der Waals surface area (Å²) in [5, 5.41) is 10.5. The number of hydrogen-bond acceptors (Lipinski definition) is 6.